The Kier molecular flexibility index (Phi) is 4.68. The summed E-state index contributed by atoms with van der Waals surface area (Å²) in [4.78, 5) is 13.7. The van der Waals surface area contributed by atoms with Crippen LogP contribution in [0.3, 0.4) is 0 Å². The molecule has 0 unspecified atom stereocenters. The molecule has 6 nitrogen and oxygen atoms in total. The molecule has 1 aliphatic rings. The van der Waals surface area contributed by atoms with E-state index in [1.807, 2.05) is 19.9 Å². The molecule has 0 aliphatic carbocycles. The molecule has 6 heteroatoms. The van der Waals surface area contributed by atoms with Gasteiger partial charge in [-0.1, -0.05) is 13.8 Å². The number of anilines is 2. The van der Waals surface area contributed by atoms with E-state index in [1.165, 1.54) is 0 Å². The van der Waals surface area contributed by atoms with Crippen LogP contribution in [0.5, 0.6) is 0 Å². The predicted octanol–water partition coefficient (Wildman–Crippen LogP) is 1.30. The highest BCUT2D eigenvalue weighted by atomic mass is 16.5. The van der Waals surface area contributed by atoms with E-state index < -0.39 is 0 Å². The van der Waals surface area contributed by atoms with Crippen molar-refractivity contribution >= 4 is 17.5 Å². The second kappa shape index (κ2) is 6.47. The summed E-state index contributed by atoms with van der Waals surface area (Å²) in [5, 5.41) is 10.9. The lowest BCUT2D eigenvalue weighted by atomic mass is 10.1. The number of carbonyl (C=O) groups excluding carboxylic acids is 1. The summed E-state index contributed by atoms with van der Waals surface area (Å²) in [6.45, 7) is 7.10. The number of nitrogens with zero attached hydrogens (tertiary/aromatic N) is 3. The summed E-state index contributed by atoms with van der Waals surface area (Å²) in [5.74, 6) is 1.64. The molecule has 1 fully saturated rings. The van der Waals surface area contributed by atoms with Crippen molar-refractivity contribution in [1.29, 1.82) is 0 Å². The summed E-state index contributed by atoms with van der Waals surface area (Å²) in [7, 11) is 0. The van der Waals surface area contributed by atoms with Crippen LogP contribution >= 0.6 is 0 Å². The predicted molar refractivity (Wildman–Crippen MR) is 73.1 cm³/mol. The third-order valence-corrected chi connectivity index (χ3v) is 2.85. The Bertz CT molecular complexity index is 413. The van der Waals surface area contributed by atoms with Gasteiger partial charge in [-0.2, -0.15) is 0 Å². The van der Waals surface area contributed by atoms with Crippen LogP contribution in [0.1, 0.15) is 20.3 Å². The topological polar surface area (TPSA) is 67.4 Å². The molecule has 1 aliphatic heterocycles. The average molecular weight is 264 g/mol. The van der Waals surface area contributed by atoms with Gasteiger partial charge < -0.3 is 15.0 Å². The van der Waals surface area contributed by atoms with Gasteiger partial charge in [0.25, 0.3) is 0 Å². The summed E-state index contributed by atoms with van der Waals surface area (Å²) in [6.07, 6.45) is 0.493. The van der Waals surface area contributed by atoms with E-state index in [-0.39, 0.29) is 5.91 Å². The smallest absolute Gasteiger partial charge is 0.225 e. The van der Waals surface area contributed by atoms with Crippen LogP contribution in [0.4, 0.5) is 11.6 Å². The molecule has 0 aromatic carbocycles. The van der Waals surface area contributed by atoms with E-state index in [4.69, 9.17) is 4.74 Å². The Labute approximate surface area is 113 Å². The summed E-state index contributed by atoms with van der Waals surface area (Å²) >= 11 is 0. The van der Waals surface area contributed by atoms with Gasteiger partial charge in [0.15, 0.2) is 11.6 Å². The first kappa shape index (κ1) is 13.7. The molecule has 0 bridgehead atoms. The van der Waals surface area contributed by atoms with Crippen LogP contribution in [0.15, 0.2) is 12.1 Å². The summed E-state index contributed by atoms with van der Waals surface area (Å²) < 4.78 is 5.29. The first-order chi connectivity index (χ1) is 9.15. The summed E-state index contributed by atoms with van der Waals surface area (Å²) in [5.41, 5.74) is 0. The second-order valence-corrected chi connectivity index (χ2v) is 5.02. The fourth-order valence-electron chi connectivity index (χ4n) is 1.92. The van der Waals surface area contributed by atoms with Gasteiger partial charge in [-0.15, -0.1) is 10.2 Å². The molecule has 2 rings (SSSR count). The van der Waals surface area contributed by atoms with Crippen LogP contribution < -0.4 is 10.2 Å². The minimum Gasteiger partial charge on any atom is -0.378 e. The molecule has 0 atom stereocenters. The maximum Gasteiger partial charge on any atom is 0.225 e. The van der Waals surface area contributed by atoms with E-state index in [9.17, 15) is 4.79 Å². The normalized spacial score (nSPS) is 15.6. The molecule has 1 aromatic rings. The molecule has 0 radical (unpaired) electrons. The van der Waals surface area contributed by atoms with Crippen LogP contribution in [0.2, 0.25) is 0 Å². The third-order valence-electron chi connectivity index (χ3n) is 2.85. The minimum absolute atomic E-state index is 0.0246. The molecule has 1 N–H and O–H groups in total. The first-order valence-corrected chi connectivity index (χ1v) is 6.61. The van der Waals surface area contributed by atoms with Crippen molar-refractivity contribution in [2.24, 2.45) is 5.92 Å². The van der Waals surface area contributed by atoms with Gasteiger partial charge in [0.05, 0.1) is 13.2 Å². The van der Waals surface area contributed by atoms with Crippen LogP contribution in [0.25, 0.3) is 0 Å². The van der Waals surface area contributed by atoms with E-state index in [2.05, 4.69) is 20.4 Å². The molecule has 2 heterocycles. The van der Waals surface area contributed by atoms with E-state index in [1.54, 1.807) is 6.07 Å². The number of rotatable bonds is 4. The fourth-order valence-corrected chi connectivity index (χ4v) is 1.92. The highest BCUT2D eigenvalue weighted by molar-refractivity contribution is 5.89. The van der Waals surface area contributed by atoms with Crippen molar-refractivity contribution in [3.8, 4) is 0 Å². The van der Waals surface area contributed by atoms with Gasteiger partial charge in [-0.25, -0.2) is 0 Å². The van der Waals surface area contributed by atoms with Crippen molar-refractivity contribution < 1.29 is 9.53 Å². The fraction of sp³-hybridized carbons (Fsp3) is 0.615. The van der Waals surface area contributed by atoms with E-state index in [0.29, 0.717) is 31.4 Å². The Morgan fingerprint density at radius 1 is 1.37 bits per heavy atom. The number of morpholine rings is 1. The highest BCUT2D eigenvalue weighted by Gasteiger charge is 2.13. The molecule has 19 heavy (non-hydrogen) atoms. The number of aromatic nitrogens is 2. The maximum atomic E-state index is 11.6. The molecule has 1 aromatic heterocycles. The van der Waals surface area contributed by atoms with Crippen LogP contribution in [-0.4, -0.2) is 42.4 Å². The van der Waals surface area contributed by atoms with Gasteiger partial charge in [0.2, 0.25) is 5.91 Å². The van der Waals surface area contributed by atoms with Crippen molar-refractivity contribution in [3.05, 3.63) is 12.1 Å². The van der Waals surface area contributed by atoms with E-state index >= 15 is 0 Å². The van der Waals surface area contributed by atoms with E-state index in [0.717, 1.165) is 18.9 Å². The zero-order valence-electron chi connectivity index (χ0n) is 11.4. The number of ether oxygens (including phenoxy) is 1. The quantitative estimate of drug-likeness (QED) is 0.887. The number of carbonyl (C=O) groups is 1. The Morgan fingerprint density at radius 2 is 2.11 bits per heavy atom. The van der Waals surface area contributed by atoms with Crippen molar-refractivity contribution in [3.63, 3.8) is 0 Å². The lowest BCUT2D eigenvalue weighted by Crippen LogP contribution is -2.36. The lowest BCUT2D eigenvalue weighted by molar-refractivity contribution is -0.116. The molecule has 0 saturated carbocycles. The zero-order valence-corrected chi connectivity index (χ0v) is 11.4. The van der Waals surface area contributed by atoms with Crippen molar-refractivity contribution in [2.45, 2.75) is 20.3 Å². The average Bonchev–Trinajstić information content (AvgIpc) is 2.39. The zero-order chi connectivity index (χ0) is 13.7. The van der Waals surface area contributed by atoms with Gasteiger partial charge in [-0.05, 0) is 18.1 Å². The standard InChI is InChI=1S/C13H20N4O2/c1-10(2)9-13(18)14-11-3-4-12(16-15-11)17-5-7-19-8-6-17/h3-4,10H,5-9H2,1-2H3,(H,14,15,18). The van der Waals surface area contributed by atoms with Crippen molar-refractivity contribution in [1.82, 2.24) is 10.2 Å². The second-order valence-electron chi connectivity index (χ2n) is 5.02. The molecule has 1 saturated heterocycles. The molecule has 104 valence electrons. The molecule has 1 amide bonds. The Balaban J connectivity index is 1.92. The monoisotopic (exact) mass is 264 g/mol. The number of hydrogen-bond acceptors (Lipinski definition) is 5. The van der Waals surface area contributed by atoms with Gasteiger partial charge in [0, 0.05) is 19.5 Å². The van der Waals surface area contributed by atoms with Gasteiger partial charge in [0.1, 0.15) is 0 Å². The third kappa shape index (κ3) is 4.17. The molecular weight excluding hydrogens is 244 g/mol. The lowest BCUT2D eigenvalue weighted by Gasteiger charge is -2.27. The first-order valence-electron chi connectivity index (χ1n) is 6.61. The molecule has 0 spiro atoms. The van der Waals surface area contributed by atoms with Gasteiger partial charge in [-0.3, -0.25) is 4.79 Å². The Morgan fingerprint density at radius 3 is 2.68 bits per heavy atom. The minimum atomic E-state index is -0.0246. The highest BCUT2D eigenvalue weighted by Crippen LogP contribution is 2.13. The maximum absolute atomic E-state index is 11.6. The number of hydrogen-bond donors (Lipinski definition) is 1. The SMILES string of the molecule is CC(C)CC(=O)Nc1ccc(N2CCOCC2)nn1. The number of nitrogens with one attached hydrogen (secondary N) is 1. The largest absolute Gasteiger partial charge is 0.378 e. The molecular formula is C13H20N4O2. The van der Waals surface area contributed by atoms with Crippen molar-refractivity contribution in [2.75, 3.05) is 36.5 Å². The number of amides is 1. The van der Waals surface area contributed by atoms with Crippen LogP contribution in [0, 0.1) is 5.92 Å². The summed E-state index contributed by atoms with van der Waals surface area (Å²) in [6, 6.07) is 3.67. The van der Waals surface area contributed by atoms with Crippen LogP contribution in [-0.2, 0) is 9.53 Å². The van der Waals surface area contributed by atoms with Gasteiger partial charge >= 0.3 is 0 Å². The Hall–Kier alpha value is -1.69.